The minimum Gasteiger partial charge on any atom is -0.294 e. The highest BCUT2D eigenvalue weighted by Gasteiger charge is 2.12. The number of carbonyl (C=O) groups is 1. The number of benzene rings is 2. The first-order valence-electron chi connectivity index (χ1n) is 5.39. The van der Waals surface area contributed by atoms with Gasteiger partial charge < -0.3 is 0 Å². The second-order valence-electron chi connectivity index (χ2n) is 3.97. The summed E-state index contributed by atoms with van der Waals surface area (Å²) >= 11 is 21.2. The van der Waals surface area contributed by atoms with Gasteiger partial charge in [-0.05, 0) is 29.8 Å². The van der Waals surface area contributed by atoms with Crippen molar-refractivity contribution in [2.75, 3.05) is 0 Å². The van der Waals surface area contributed by atoms with Gasteiger partial charge in [0.15, 0.2) is 5.78 Å². The van der Waals surface area contributed by atoms with E-state index in [1.807, 2.05) is 0 Å². The summed E-state index contributed by atoms with van der Waals surface area (Å²) in [5.74, 6) is -0.0626. The van der Waals surface area contributed by atoms with Crippen LogP contribution in [-0.4, -0.2) is 5.78 Å². The molecule has 2 aromatic rings. The smallest absolute Gasteiger partial charge is 0.167 e. The molecule has 0 bridgehead atoms. The van der Waals surface area contributed by atoms with Gasteiger partial charge in [-0.15, -0.1) is 0 Å². The van der Waals surface area contributed by atoms with Crippen molar-refractivity contribution in [3.8, 4) is 0 Å². The lowest BCUT2D eigenvalue weighted by molar-refractivity contribution is 0.0993. The largest absolute Gasteiger partial charge is 0.294 e. The Morgan fingerprint density at radius 2 is 1.84 bits per heavy atom. The number of hydrogen-bond acceptors (Lipinski definition) is 1. The fourth-order valence-corrected chi connectivity index (χ4v) is 2.92. The predicted molar refractivity (Wildman–Crippen MR) is 83.6 cm³/mol. The van der Waals surface area contributed by atoms with E-state index in [0.29, 0.717) is 26.2 Å². The number of halogens is 4. The summed E-state index contributed by atoms with van der Waals surface area (Å²) in [7, 11) is 0. The van der Waals surface area contributed by atoms with Crippen LogP contribution in [0.3, 0.4) is 0 Å². The molecule has 0 spiro atoms. The molecule has 0 fully saturated rings. The lowest BCUT2D eigenvalue weighted by Gasteiger charge is -2.06. The molecule has 0 aliphatic carbocycles. The van der Waals surface area contributed by atoms with Gasteiger partial charge in [-0.2, -0.15) is 0 Å². The van der Waals surface area contributed by atoms with Crippen molar-refractivity contribution >= 4 is 56.5 Å². The molecule has 0 atom stereocenters. The van der Waals surface area contributed by atoms with Crippen molar-refractivity contribution in [1.82, 2.24) is 0 Å². The highest BCUT2D eigenvalue weighted by Crippen LogP contribution is 2.27. The number of carbonyl (C=O) groups excluding carboxylic acids is 1. The molecular formula is C14H8BrCl3O. The molecule has 0 N–H and O–H groups in total. The zero-order valence-corrected chi connectivity index (χ0v) is 13.4. The standard InChI is InChI=1S/C14H8BrCl3O/c15-10-4-9(5-11(16)7-10)13(19)6-8-2-1-3-12(17)14(8)18/h1-5,7H,6H2. The molecule has 19 heavy (non-hydrogen) atoms. The zero-order chi connectivity index (χ0) is 14.0. The Balaban J connectivity index is 2.28. The molecule has 98 valence electrons. The van der Waals surface area contributed by atoms with E-state index in [1.165, 1.54) is 0 Å². The van der Waals surface area contributed by atoms with Crippen LogP contribution < -0.4 is 0 Å². The number of Topliss-reactive ketones (excluding diaryl/α,β-unsaturated/α-hetero) is 1. The fourth-order valence-electron chi connectivity index (χ4n) is 1.67. The molecule has 2 aromatic carbocycles. The molecule has 2 rings (SSSR count). The summed E-state index contributed by atoms with van der Waals surface area (Å²) < 4.78 is 0.764. The van der Waals surface area contributed by atoms with Gasteiger partial charge in [-0.25, -0.2) is 0 Å². The Morgan fingerprint density at radius 3 is 2.53 bits per heavy atom. The summed E-state index contributed by atoms with van der Waals surface area (Å²) in [6.07, 6.45) is 0.187. The molecule has 0 saturated heterocycles. The minimum absolute atomic E-state index is 0.0626. The van der Waals surface area contributed by atoms with E-state index in [9.17, 15) is 4.79 Å². The number of hydrogen-bond donors (Lipinski definition) is 0. The van der Waals surface area contributed by atoms with Crippen LogP contribution in [0.2, 0.25) is 15.1 Å². The summed E-state index contributed by atoms with van der Waals surface area (Å²) in [6.45, 7) is 0. The van der Waals surface area contributed by atoms with Gasteiger partial charge in [0, 0.05) is 21.5 Å². The Bertz CT molecular complexity index is 620. The normalized spacial score (nSPS) is 10.5. The summed E-state index contributed by atoms with van der Waals surface area (Å²) in [6, 6.07) is 10.3. The first-order chi connectivity index (χ1) is 8.97. The predicted octanol–water partition coefficient (Wildman–Crippen LogP) is 5.83. The highest BCUT2D eigenvalue weighted by molar-refractivity contribution is 9.10. The van der Waals surface area contributed by atoms with E-state index < -0.39 is 0 Å². The monoisotopic (exact) mass is 376 g/mol. The molecule has 0 unspecified atom stereocenters. The van der Waals surface area contributed by atoms with Crippen molar-refractivity contribution in [3.63, 3.8) is 0 Å². The van der Waals surface area contributed by atoms with Gasteiger partial charge in [0.1, 0.15) is 0 Å². The van der Waals surface area contributed by atoms with Gasteiger partial charge in [-0.3, -0.25) is 4.79 Å². The van der Waals surface area contributed by atoms with Crippen LogP contribution >= 0.6 is 50.7 Å². The lowest BCUT2D eigenvalue weighted by Crippen LogP contribution is -2.04. The topological polar surface area (TPSA) is 17.1 Å². The van der Waals surface area contributed by atoms with E-state index in [1.54, 1.807) is 36.4 Å². The van der Waals surface area contributed by atoms with Crippen molar-refractivity contribution in [1.29, 1.82) is 0 Å². The molecular weight excluding hydrogens is 370 g/mol. The van der Waals surface area contributed by atoms with E-state index >= 15 is 0 Å². The molecule has 0 aliphatic heterocycles. The molecule has 1 nitrogen and oxygen atoms in total. The van der Waals surface area contributed by atoms with Crippen LogP contribution in [0, 0.1) is 0 Å². The first-order valence-corrected chi connectivity index (χ1v) is 7.32. The molecule has 0 aromatic heterocycles. The molecule has 0 heterocycles. The molecule has 0 radical (unpaired) electrons. The summed E-state index contributed by atoms with van der Waals surface area (Å²) in [5, 5.41) is 1.37. The van der Waals surface area contributed by atoms with Crippen LogP contribution in [-0.2, 0) is 6.42 Å². The summed E-state index contributed by atoms with van der Waals surface area (Å²) in [5.41, 5.74) is 1.24. The second kappa shape index (κ2) is 6.27. The van der Waals surface area contributed by atoms with E-state index in [2.05, 4.69) is 15.9 Å². The molecule has 0 aliphatic rings. The van der Waals surface area contributed by atoms with Gasteiger partial charge in [0.25, 0.3) is 0 Å². The van der Waals surface area contributed by atoms with Crippen molar-refractivity contribution in [2.24, 2.45) is 0 Å². The van der Waals surface area contributed by atoms with E-state index in [0.717, 1.165) is 4.47 Å². The average molecular weight is 378 g/mol. The van der Waals surface area contributed by atoms with Gasteiger partial charge in [-0.1, -0.05) is 62.9 Å². The Kier molecular flexibility index (Phi) is 4.91. The van der Waals surface area contributed by atoms with Crippen LogP contribution in [0.1, 0.15) is 15.9 Å². The van der Waals surface area contributed by atoms with Crippen molar-refractivity contribution in [2.45, 2.75) is 6.42 Å². The molecule has 5 heteroatoms. The van der Waals surface area contributed by atoms with Crippen LogP contribution in [0.25, 0.3) is 0 Å². The van der Waals surface area contributed by atoms with Crippen LogP contribution in [0.5, 0.6) is 0 Å². The number of ketones is 1. The maximum atomic E-state index is 12.2. The first kappa shape index (κ1) is 14.9. The third kappa shape index (κ3) is 3.73. The van der Waals surface area contributed by atoms with Crippen LogP contribution in [0.4, 0.5) is 0 Å². The van der Waals surface area contributed by atoms with E-state index in [-0.39, 0.29) is 12.2 Å². The van der Waals surface area contributed by atoms with Gasteiger partial charge >= 0.3 is 0 Å². The van der Waals surface area contributed by atoms with Crippen molar-refractivity contribution in [3.05, 3.63) is 67.1 Å². The maximum absolute atomic E-state index is 12.2. The highest BCUT2D eigenvalue weighted by atomic mass is 79.9. The Labute approximate surface area is 134 Å². The van der Waals surface area contributed by atoms with Crippen LogP contribution in [0.15, 0.2) is 40.9 Å². The van der Waals surface area contributed by atoms with Crippen molar-refractivity contribution < 1.29 is 4.79 Å². The second-order valence-corrected chi connectivity index (χ2v) is 6.11. The number of rotatable bonds is 3. The van der Waals surface area contributed by atoms with Gasteiger partial charge in [0.2, 0.25) is 0 Å². The average Bonchev–Trinajstić information content (AvgIpc) is 2.33. The fraction of sp³-hybridized carbons (Fsp3) is 0.0714. The Hall–Kier alpha value is -0.540. The lowest BCUT2D eigenvalue weighted by atomic mass is 10.0. The Morgan fingerprint density at radius 1 is 1.11 bits per heavy atom. The third-order valence-electron chi connectivity index (χ3n) is 2.57. The summed E-state index contributed by atoms with van der Waals surface area (Å²) in [4.78, 5) is 12.2. The minimum atomic E-state index is -0.0626. The molecule has 0 saturated carbocycles. The quantitative estimate of drug-likeness (QED) is 0.614. The SMILES string of the molecule is O=C(Cc1cccc(Cl)c1Cl)c1cc(Cl)cc(Br)c1. The zero-order valence-electron chi connectivity index (χ0n) is 9.59. The molecule has 0 amide bonds. The maximum Gasteiger partial charge on any atom is 0.167 e. The van der Waals surface area contributed by atoms with E-state index in [4.69, 9.17) is 34.8 Å². The third-order valence-corrected chi connectivity index (χ3v) is 4.10. The van der Waals surface area contributed by atoms with Gasteiger partial charge in [0.05, 0.1) is 10.0 Å².